The Bertz CT molecular complexity index is 900. The van der Waals surface area contributed by atoms with E-state index in [0.717, 1.165) is 5.56 Å². The molecule has 0 bridgehead atoms. The van der Waals surface area contributed by atoms with Gasteiger partial charge in [0.1, 0.15) is 5.71 Å². The number of sulfone groups is 1. The summed E-state index contributed by atoms with van der Waals surface area (Å²) < 4.78 is 23.4. The van der Waals surface area contributed by atoms with Gasteiger partial charge in [-0.3, -0.25) is 9.59 Å². The van der Waals surface area contributed by atoms with Gasteiger partial charge in [-0.15, -0.1) is 0 Å². The van der Waals surface area contributed by atoms with Gasteiger partial charge in [0.2, 0.25) is 5.91 Å². The van der Waals surface area contributed by atoms with E-state index in [1.165, 1.54) is 5.01 Å². The number of nitrogens with one attached hydrogen (secondary N) is 1. The summed E-state index contributed by atoms with van der Waals surface area (Å²) in [7, 11) is -3.14. The third kappa shape index (κ3) is 4.37. The van der Waals surface area contributed by atoms with Gasteiger partial charge in [-0.2, -0.15) is 5.10 Å². The van der Waals surface area contributed by atoms with Gasteiger partial charge in [0, 0.05) is 18.5 Å². The van der Waals surface area contributed by atoms with Gasteiger partial charge < -0.3 is 5.32 Å². The average molecular weight is 391 g/mol. The molecular weight excluding hydrogens is 366 g/mol. The molecule has 27 heavy (non-hydrogen) atoms. The third-order valence-corrected chi connectivity index (χ3v) is 6.61. The Kier molecular flexibility index (Phi) is 5.12. The molecule has 0 unspecified atom stereocenters. The molecule has 1 atom stereocenters. The summed E-state index contributed by atoms with van der Waals surface area (Å²) in [6.07, 6.45) is 0.765. The smallest absolute Gasteiger partial charge is 0.271 e. The van der Waals surface area contributed by atoms with Gasteiger partial charge in [0.25, 0.3) is 5.91 Å². The highest BCUT2D eigenvalue weighted by molar-refractivity contribution is 7.91. The van der Waals surface area contributed by atoms with E-state index < -0.39 is 15.9 Å². The monoisotopic (exact) mass is 391 g/mol. The lowest BCUT2D eigenvalue weighted by atomic mass is 9.86. The first-order valence-electron chi connectivity index (χ1n) is 9.08. The molecule has 0 spiro atoms. The SMILES string of the molecule is CC(C)(C)c1ccccc1NC(=O)C1=NN([C@@H]2CCS(=O)(=O)C2)C(=O)CC1. The zero-order valence-electron chi connectivity index (χ0n) is 15.9. The summed E-state index contributed by atoms with van der Waals surface area (Å²) in [4.78, 5) is 24.9. The van der Waals surface area contributed by atoms with E-state index in [-0.39, 0.29) is 47.3 Å². The van der Waals surface area contributed by atoms with Gasteiger partial charge in [-0.1, -0.05) is 39.0 Å². The van der Waals surface area contributed by atoms with Crippen molar-refractivity contribution < 1.29 is 18.0 Å². The highest BCUT2D eigenvalue weighted by Gasteiger charge is 2.37. The van der Waals surface area contributed by atoms with Gasteiger partial charge in [0.05, 0.1) is 17.5 Å². The first kappa shape index (κ1) is 19.5. The maximum Gasteiger partial charge on any atom is 0.271 e. The number of carbonyl (C=O) groups is 2. The number of carbonyl (C=O) groups excluding carboxylic acids is 2. The molecule has 8 heteroatoms. The van der Waals surface area contributed by atoms with Crippen LogP contribution in [-0.4, -0.2) is 48.5 Å². The molecule has 1 aromatic carbocycles. The lowest BCUT2D eigenvalue weighted by molar-refractivity contribution is -0.133. The van der Waals surface area contributed by atoms with Gasteiger partial charge >= 0.3 is 0 Å². The van der Waals surface area contributed by atoms with E-state index in [4.69, 9.17) is 0 Å². The lowest BCUT2D eigenvalue weighted by Crippen LogP contribution is -2.42. The fraction of sp³-hybridized carbons (Fsp3) is 0.526. The van der Waals surface area contributed by atoms with Crippen LogP contribution in [0.15, 0.2) is 29.4 Å². The minimum atomic E-state index is -3.14. The molecule has 1 N–H and O–H groups in total. The molecule has 0 radical (unpaired) electrons. The summed E-state index contributed by atoms with van der Waals surface area (Å²) in [5.74, 6) is -0.629. The maximum atomic E-state index is 12.7. The van der Waals surface area contributed by atoms with Crippen molar-refractivity contribution in [2.24, 2.45) is 5.10 Å². The van der Waals surface area contributed by atoms with Crippen LogP contribution in [0.1, 0.15) is 45.6 Å². The van der Waals surface area contributed by atoms with Crippen molar-refractivity contribution in [2.45, 2.75) is 51.5 Å². The number of hydrogen-bond donors (Lipinski definition) is 1. The maximum absolute atomic E-state index is 12.7. The molecule has 7 nitrogen and oxygen atoms in total. The first-order valence-corrected chi connectivity index (χ1v) is 10.9. The van der Waals surface area contributed by atoms with Crippen molar-refractivity contribution >= 4 is 33.1 Å². The van der Waals surface area contributed by atoms with E-state index in [9.17, 15) is 18.0 Å². The normalized spacial score (nSPS) is 22.5. The van der Waals surface area contributed by atoms with Crippen LogP contribution < -0.4 is 5.32 Å². The molecule has 146 valence electrons. The molecule has 2 aliphatic heterocycles. The lowest BCUT2D eigenvalue weighted by Gasteiger charge is -2.28. The number of rotatable bonds is 3. The van der Waals surface area contributed by atoms with Crippen LogP contribution in [0.5, 0.6) is 0 Å². The number of anilines is 1. The highest BCUT2D eigenvalue weighted by Crippen LogP contribution is 2.29. The van der Waals surface area contributed by atoms with Crippen molar-refractivity contribution in [3.8, 4) is 0 Å². The minimum Gasteiger partial charge on any atom is -0.321 e. The number of benzene rings is 1. The van der Waals surface area contributed by atoms with E-state index >= 15 is 0 Å². The van der Waals surface area contributed by atoms with Crippen molar-refractivity contribution in [1.29, 1.82) is 0 Å². The van der Waals surface area contributed by atoms with Gasteiger partial charge in [-0.05, 0) is 23.5 Å². The van der Waals surface area contributed by atoms with Crippen LogP contribution in [0, 0.1) is 0 Å². The largest absolute Gasteiger partial charge is 0.321 e. The average Bonchev–Trinajstić information content (AvgIpc) is 2.94. The number of amides is 2. The molecule has 0 aromatic heterocycles. The molecular formula is C19H25N3O4S. The molecule has 2 aliphatic rings. The van der Waals surface area contributed by atoms with Crippen molar-refractivity contribution in [3.63, 3.8) is 0 Å². The second kappa shape index (κ2) is 7.07. The summed E-state index contributed by atoms with van der Waals surface area (Å²) in [5.41, 5.74) is 1.83. The molecule has 1 saturated heterocycles. The van der Waals surface area contributed by atoms with Gasteiger partial charge in [-0.25, -0.2) is 13.4 Å². The van der Waals surface area contributed by atoms with Crippen LogP contribution >= 0.6 is 0 Å². The van der Waals surface area contributed by atoms with Crippen LogP contribution in [0.2, 0.25) is 0 Å². The van der Waals surface area contributed by atoms with Crippen molar-refractivity contribution in [1.82, 2.24) is 5.01 Å². The molecule has 3 rings (SSSR count). The Morgan fingerprint density at radius 1 is 1.22 bits per heavy atom. The molecule has 1 aromatic rings. The second-order valence-electron chi connectivity index (χ2n) is 8.09. The summed E-state index contributed by atoms with van der Waals surface area (Å²) in [6, 6.07) is 7.11. The van der Waals surface area contributed by atoms with Gasteiger partial charge in [0.15, 0.2) is 9.84 Å². The molecule has 0 saturated carbocycles. The minimum absolute atomic E-state index is 0.0530. The summed E-state index contributed by atoms with van der Waals surface area (Å²) in [5, 5.41) is 8.33. The zero-order valence-corrected chi connectivity index (χ0v) is 16.7. The van der Waals surface area contributed by atoms with Crippen molar-refractivity contribution in [3.05, 3.63) is 29.8 Å². The summed E-state index contributed by atoms with van der Waals surface area (Å²) >= 11 is 0. The molecule has 2 amide bonds. The van der Waals surface area contributed by atoms with E-state index in [1.807, 2.05) is 24.3 Å². The fourth-order valence-electron chi connectivity index (χ4n) is 3.43. The Balaban J connectivity index is 1.81. The second-order valence-corrected chi connectivity index (χ2v) is 10.3. The van der Waals surface area contributed by atoms with E-state index in [2.05, 4.69) is 31.2 Å². The number of nitrogens with zero attached hydrogens (tertiary/aromatic N) is 2. The molecule has 1 fully saturated rings. The van der Waals surface area contributed by atoms with Crippen LogP contribution in [0.4, 0.5) is 5.69 Å². The van der Waals surface area contributed by atoms with Crippen molar-refractivity contribution in [2.75, 3.05) is 16.8 Å². The van der Waals surface area contributed by atoms with Crippen LogP contribution in [0.3, 0.4) is 0 Å². The molecule has 2 heterocycles. The van der Waals surface area contributed by atoms with E-state index in [0.29, 0.717) is 12.1 Å². The number of hydrogen-bond acceptors (Lipinski definition) is 5. The number of para-hydroxylation sites is 1. The highest BCUT2D eigenvalue weighted by atomic mass is 32.2. The predicted octanol–water partition coefficient (Wildman–Crippen LogP) is 2.09. The standard InChI is InChI=1S/C19H25N3O4S/c1-19(2,3)14-6-4-5-7-15(14)20-18(24)16-8-9-17(23)22(21-16)13-10-11-27(25,26)12-13/h4-7,13H,8-12H2,1-3H3,(H,20,24)/t13-/m1/s1. The zero-order chi connectivity index (χ0) is 19.8. The molecule has 0 aliphatic carbocycles. The Labute approximate surface area is 159 Å². The van der Waals surface area contributed by atoms with Crippen LogP contribution in [0.25, 0.3) is 0 Å². The quantitative estimate of drug-likeness (QED) is 0.853. The summed E-state index contributed by atoms with van der Waals surface area (Å²) in [6.45, 7) is 6.20. The Hall–Kier alpha value is -2.22. The Morgan fingerprint density at radius 3 is 2.56 bits per heavy atom. The third-order valence-electron chi connectivity index (χ3n) is 4.86. The Morgan fingerprint density at radius 2 is 1.93 bits per heavy atom. The number of hydrazone groups is 1. The predicted molar refractivity (Wildman–Crippen MR) is 104 cm³/mol. The van der Waals surface area contributed by atoms with Crippen LogP contribution in [-0.2, 0) is 24.8 Å². The van der Waals surface area contributed by atoms with E-state index in [1.54, 1.807) is 0 Å². The topological polar surface area (TPSA) is 95.9 Å². The first-order chi connectivity index (χ1) is 12.6. The fourth-order valence-corrected chi connectivity index (χ4v) is 5.12.